The van der Waals surface area contributed by atoms with Gasteiger partial charge in [0.2, 0.25) is 5.91 Å². The van der Waals surface area contributed by atoms with Crippen LogP contribution in [0.2, 0.25) is 0 Å². The maximum absolute atomic E-state index is 12.7. The molecule has 150 valence electrons. The molecule has 0 radical (unpaired) electrons. The van der Waals surface area contributed by atoms with E-state index in [4.69, 9.17) is 4.74 Å². The van der Waals surface area contributed by atoms with Crippen molar-refractivity contribution in [2.75, 3.05) is 7.11 Å². The van der Waals surface area contributed by atoms with Gasteiger partial charge >= 0.3 is 5.97 Å². The third kappa shape index (κ3) is 4.95. The normalized spacial score (nSPS) is 12.8. The Bertz CT molecular complexity index is 988. The molecular weight excluding hydrogens is 374 g/mol. The van der Waals surface area contributed by atoms with Crippen LogP contribution >= 0.6 is 0 Å². The second kappa shape index (κ2) is 8.51. The third-order valence-corrected chi connectivity index (χ3v) is 4.54. The van der Waals surface area contributed by atoms with E-state index in [9.17, 15) is 14.7 Å². The number of carboxylic acid groups (broad SMARTS) is 1. The lowest BCUT2D eigenvalue weighted by Gasteiger charge is -2.30. The number of tetrazole rings is 1. The summed E-state index contributed by atoms with van der Waals surface area (Å²) in [5, 5.41) is 23.2. The van der Waals surface area contributed by atoms with E-state index in [0.29, 0.717) is 11.3 Å². The van der Waals surface area contributed by atoms with Gasteiger partial charge in [0, 0.05) is 0 Å². The summed E-state index contributed by atoms with van der Waals surface area (Å²) in [5.41, 5.74) is 1.12. The van der Waals surface area contributed by atoms with Crippen molar-refractivity contribution >= 4 is 11.9 Å². The summed E-state index contributed by atoms with van der Waals surface area (Å²) in [6.45, 7) is 1.69. The summed E-state index contributed by atoms with van der Waals surface area (Å²) in [4.78, 5) is 24.1. The second-order valence-electron chi connectivity index (χ2n) is 6.78. The summed E-state index contributed by atoms with van der Waals surface area (Å²) in [5.74, 6) is -0.709. The number of carboxylic acids is 1. The number of hydrogen-bond donors (Lipinski definition) is 2. The molecule has 0 bridgehead atoms. The van der Waals surface area contributed by atoms with Gasteiger partial charge in [0.1, 0.15) is 12.1 Å². The molecule has 29 heavy (non-hydrogen) atoms. The highest BCUT2D eigenvalue weighted by Crippen LogP contribution is 2.28. The summed E-state index contributed by atoms with van der Waals surface area (Å²) in [6.07, 6.45) is 1.33. The molecule has 9 nitrogen and oxygen atoms in total. The standard InChI is InChI=1S/C20H21N5O4/c1-20(12-19(27)28,15-4-3-5-17(11-15)29-2)22-18(26)10-14-6-8-16(9-7-14)25-13-21-23-24-25/h3-9,11,13H,10,12H2,1-2H3,(H,22,26)(H,27,28). The highest BCUT2D eigenvalue weighted by Gasteiger charge is 2.31. The number of benzene rings is 2. The lowest BCUT2D eigenvalue weighted by molar-refractivity contribution is -0.139. The van der Waals surface area contributed by atoms with Crippen LogP contribution in [0.1, 0.15) is 24.5 Å². The molecule has 0 spiro atoms. The molecule has 0 aliphatic heterocycles. The molecule has 0 fully saturated rings. The van der Waals surface area contributed by atoms with Crippen LogP contribution in [0.3, 0.4) is 0 Å². The predicted octanol–water partition coefficient (Wildman–Crippen LogP) is 1.72. The van der Waals surface area contributed by atoms with Crippen molar-refractivity contribution in [3.8, 4) is 11.4 Å². The fourth-order valence-corrected chi connectivity index (χ4v) is 3.07. The predicted molar refractivity (Wildman–Crippen MR) is 104 cm³/mol. The van der Waals surface area contributed by atoms with E-state index in [1.807, 2.05) is 0 Å². The number of carbonyl (C=O) groups is 2. The van der Waals surface area contributed by atoms with Crippen LogP contribution in [0, 0.1) is 0 Å². The first-order valence-electron chi connectivity index (χ1n) is 8.89. The molecule has 0 aliphatic rings. The molecule has 2 aromatic carbocycles. The third-order valence-electron chi connectivity index (χ3n) is 4.54. The van der Waals surface area contributed by atoms with Crippen molar-refractivity contribution in [2.24, 2.45) is 0 Å². The van der Waals surface area contributed by atoms with E-state index in [-0.39, 0.29) is 18.7 Å². The number of aliphatic carboxylic acids is 1. The van der Waals surface area contributed by atoms with Crippen molar-refractivity contribution in [3.05, 3.63) is 66.0 Å². The van der Waals surface area contributed by atoms with Gasteiger partial charge in [0.15, 0.2) is 0 Å². The van der Waals surface area contributed by atoms with Gasteiger partial charge in [-0.25, -0.2) is 4.68 Å². The van der Waals surface area contributed by atoms with Crippen LogP contribution in [0.5, 0.6) is 5.75 Å². The Hall–Kier alpha value is -3.75. The summed E-state index contributed by atoms with van der Waals surface area (Å²) in [6, 6.07) is 14.2. The molecule has 1 heterocycles. The number of hydrogen-bond acceptors (Lipinski definition) is 6. The summed E-state index contributed by atoms with van der Waals surface area (Å²) >= 11 is 0. The lowest BCUT2D eigenvalue weighted by atomic mass is 9.88. The van der Waals surface area contributed by atoms with E-state index in [2.05, 4.69) is 20.8 Å². The Morgan fingerprint density at radius 1 is 1.21 bits per heavy atom. The van der Waals surface area contributed by atoms with Gasteiger partial charge in [0.25, 0.3) is 0 Å². The Kier molecular flexibility index (Phi) is 5.87. The Morgan fingerprint density at radius 2 is 1.97 bits per heavy atom. The molecule has 9 heteroatoms. The van der Waals surface area contributed by atoms with Crippen LogP contribution < -0.4 is 10.1 Å². The van der Waals surface area contributed by atoms with Crippen LogP contribution in [-0.4, -0.2) is 44.3 Å². The fourth-order valence-electron chi connectivity index (χ4n) is 3.07. The van der Waals surface area contributed by atoms with E-state index in [0.717, 1.165) is 11.3 Å². The fraction of sp³-hybridized carbons (Fsp3) is 0.250. The van der Waals surface area contributed by atoms with E-state index in [1.54, 1.807) is 55.5 Å². The van der Waals surface area contributed by atoms with E-state index in [1.165, 1.54) is 18.1 Å². The first kappa shape index (κ1) is 20.0. The van der Waals surface area contributed by atoms with Crippen molar-refractivity contribution in [1.29, 1.82) is 0 Å². The zero-order valence-corrected chi connectivity index (χ0v) is 16.1. The van der Waals surface area contributed by atoms with Gasteiger partial charge < -0.3 is 15.2 Å². The minimum atomic E-state index is -1.08. The van der Waals surface area contributed by atoms with Crippen molar-refractivity contribution < 1.29 is 19.4 Å². The molecule has 0 saturated carbocycles. The van der Waals surface area contributed by atoms with Crippen molar-refractivity contribution in [3.63, 3.8) is 0 Å². The van der Waals surface area contributed by atoms with Gasteiger partial charge in [0.05, 0.1) is 31.2 Å². The van der Waals surface area contributed by atoms with Gasteiger partial charge in [-0.1, -0.05) is 24.3 Å². The molecule has 3 rings (SSSR count). The van der Waals surface area contributed by atoms with Crippen LogP contribution in [0.15, 0.2) is 54.9 Å². The Labute approximate surface area is 167 Å². The van der Waals surface area contributed by atoms with Gasteiger partial charge in [-0.3, -0.25) is 9.59 Å². The average molecular weight is 395 g/mol. The number of aromatic nitrogens is 4. The van der Waals surface area contributed by atoms with E-state index >= 15 is 0 Å². The monoisotopic (exact) mass is 395 g/mol. The summed E-state index contributed by atoms with van der Waals surface area (Å²) < 4.78 is 6.73. The number of amides is 1. The zero-order chi connectivity index (χ0) is 20.9. The van der Waals surface area contributed by atoms with Gasteiger partial charge in [-0.2, -0.15) is 0 Å². The van der Waals surface area contributed by atoms with E-state index < -0.39 is 11.5 Å². The minimum Gasteiger partial charge on any atom is -0.497 e. The topological polar surface area (TPSA) is 119 Å². The van der Waals surface area contributed by atoms with Crippen molar-refractivity contribution in [1.82, 2.24) is 25.5 Å². The lowest BCUT2D eigenvalue weighted by Crippen LogP contribution is -2.45. The molecule has 1 aromatic heterocycles. The first-order valence-corrected chi connectivity index (χ1v) is 8.89. The number of nitrogens with zero attached hydrogens (tertiary/aromatic N) is 4. The maximum Gasteiger partial charge on any atom is 0.306 e. The van der Waals surface area contributed by atoms with Crippen molar-refractivity contribution in [2.45, 2.75) is 25.3 Å². The van der Waals surface area contributed by atoms with Crippen LogP contribution in [-0.2, 0) is 21.5 Å². The molecule has 0 aliphatic carbocycles. The Morgan fingerprint density at radius 3 is 2.59 bits per heavy atom. The zero-order valence-electron chi connectivity index (χ0n) is 16.1. The molecule has 3 aromatic rings. The highest BCUT2D eigenvalue weighted by atomic mass is 16.5. The maximum atomic E-state index is 12.7. The number of carbonyl (C=O) groups excluding carboxylic acids is 1. The van der Waals surface area contributed by atoms with Crippen LogP contribution in [0.25, 0.3) is 5.69 Å². The SMILES string of the molecule is COc1cccc(C(C)(CC(=O)O)NC(=O)Cc2ccc(-n3cnnn3)cc2)c1. The first-order chi connectivity index (χ1) is 13.9. The average Bonchev–Trinajstić information content (AvgIpc) is 3.22. The summed E-state index contributed by atoms with van der Waals surface area (Å²) in [7, 11) is 1.53. The molecule has 0 saturated heterocycles. The number of nitrogens with one attached hydrogen (secondary N) is 1. The number of rotatable bonds is 8. The molecular formula is C20H21N5O4. The molecule has 1 unspecified atom stereocenters. The smallest absolute Gasteiger partial charge is 0.306 e. The number of ether oxygens (including phenoxy) is 1. The second-order valence-corrected chi connectivity index (χ2v) is 6.78. The largest absolute Gasteiger partial charge is 0.497 e. The quantitative estimate of drug-likeness (QED) is 0.596. The van der Waals surface area contributed by atoms with Gasteiger partial charge in [-0.05, 0) is 52.7 Å². The molecule has 1 atom stereocenters. The minimum absolute atomic E-state index is 0.106. The van der Waals surface area contributed by atoms with Gasteiger partial charge in [-0.15, -0.1) is 5.10 Å². The molecule has 1 amide bonds. The van der Waals surface area contributed by atoms with Crippen LogP contribution in [0.4, 0.5) is 0 Å². The highest BCUT2D eigenvalue weighted by molar-refractivity contribution is 5.81. The Balaban J connectivity index is 1.75. The molecule has 2 N–H and O–H groups in total. The number of methoxy groups -OCH3 is 1.